The molecule has 0 spiro atoms. The Bertz CT molecular complexity index is 446. The molecular weight excluding hydrogens is 238 g/mol. The lowest BCUT2D eigenvalue weighted by Gasteiger charge is -2.24. The van der Waals surface area contributed by atoms with Crippen LogP contribution in [-0.4, -0.2) is 30.2 Å². The lowest BCUT2D eigenvalue weighted by atomic mass is 10.1. The predicted molar refractivity (Wildman–Crippen MR) is 79.1 cm³/mol. The van der Waals surface area contributed by atoms with Crippen LogP contribution in [0.1, 0.15) is 31.9 Å². The van der Waals surface area contributed by atoms with Crippen molar-refractivity contribution in [2.24, 2.45) is 0 Å². The smallest absolute Gasteiger partial charge is 0.410 e. The third-order valence-corrected chi connectivity index (χ3v) is 2.63. The van der Waals surface area contributed by atoms with Gasteiger partial charge in [0.2, 0.25) is 0 Å². The molecule has 1 rings (SSSR count). The minimum absolute atomic E-state index is 0.285. The van der Waals surface area contributed by atoms with Gasteiger partial charge in [0.15, 0.2) is 0 Å². The number of benzene rings is 1. The first-order valence-corrected chi connectivity index (χ1v) is 6.47. The highest BCUT2D eigenvalue weighted by atomic mass is 16.6. The zero-order valence-corrected chi connectivity index (χ0v) is 12.3. The van der Waals surface area contributed by atoms with E-state index in [-0.39, 0.29) is 6.09 Å². The predicted octanol–water partition coefficient (Wildman–Crippen LogP) is 3.74. The SMILES string of the molecule is C=Cc1cccc(CCN(C)C(=O)OC(C)(C)C)c1. The van der Waals surface area contributed by atoms with Crippen LogP contribution in [0.5, 0.6) is 0 Å². The average molecular weight is 261 g/mol. The molecule has 3 heteroatoms. The number of ether oxygens (including phenoxy) is 1. The van der Waals surface area contributed by atoms with Gasteiger partial charge in [0.25, 0.3) is 0 Å². The molecule has 0 aliphatic heterocycles. The molecule has 0 heterocycles. The number of nitrogens with zero attached hydrogens (tertiary/aromatic N) is 1. The van der Waals surface area contributed by atoms with Crippen LogP contribution in [0, 0.1) is 0 Å². The second kappa shape index (κ2) is 6.41. The van der Waals surface area contributed by atoms with Crippen molar-refractivity contribution in [3.63, 3.8) is 0 Å². The zero-order chi connectivity index (χ0) is 14.5. The normalized spacial score (nSPS) is 10.9. The third kappa shape index (κ3) is 5.60. The van der Waals surface area contributed by atoms with Crippen molar-refractivity contribution in [3.05, 3.63) is 42.0 Å². The highest BCUT2D eigenvalue weighted by Gasteiger charge is 2.19. The molecule has 0 aliphatic carbocycles. The molecule has 0 atom stereocenters. The Kier molecular flexibility index (Phi) is 5.16. The molecule has 0 aliphatic rings. The second-order valence-corrected chi connectivity index (χ2v) is 5.60. The van der Waals surface area contributed by atoms with Crippen LogP contribution in [-0.2, 0) is 11.2 Å². The molecule has 1 amide bonds. The molecule has 0 aromatic heterocycles. The fourth-order valence-corrected chi connectivity index (χ4v) is 1.60. The summed E-state index contributed by atoms with van der Waals surface area (Å²) in [4.78, 5) is 13.4. The van der Waals surface area contributed by atoms with E-state index in [2.05, 4.69) is 18.7 Å². The van der Waals surface area contributed by atoms with Crippen LogP contribution in [0.25, 0.3) is 6.08 Å². The summed E-state index contributed by atoms with van der Waals surface area (Å²) in [5.74, 6) is 0. The number of likely N-dealkylation sites (N-methyl/N-ethyl adjacent to an activating group) is 1. The van der Waals surface area contributed by atoms with E-state index in [1.54, 1.807) is 11.9 Å². The van der Waals surface area contributed by atoms with E-state index in [1.807, 2.05) is 39.0 Å². The van der Waals surface area contributed by atoms with E-state index in [9.17, 15) is 4.79 Å². The van der Waals surface area contributed by atoms with E-state index in [0.29, 0.717) is 6.54 Å². The molecule has 1 aromatic rings. The Balaban J connectivity index is 2.51. The van der Waals surface area contributed by atoms with Gasteiger partial charge in [-0.1, -0.05) is 36.9 Å². The van der Waals surface area contributed by atoms with E-state index < -0.39 is 5.60 Å². The summed E-state index contributed by atoms with van der Waals surface area (Å²) in [6, 6.07) is 8.14. The maximum Gasteiger partial charge on any atom is 0.410 e. The summed E-state index contributed by atoms with van der Waals surface area (Å²) >= 11 is 0. The Hall–Kier alpha value is -1.77. The number of carbonyl (C=O) groups excluding carboxylic acids is 1. The molecule has 3 nitrogen and oxygen atoms in total. The van der Waals surface area contributed by atoms with Gasteiger partial charge in [0.05, 0.1) is 0 Å². The van der Waals surface area contributed by atoms with Gasteiger partial charge in [0, 0.05) is 13.6 Å². The summed E-state index contributed by atoms with van der Waals surface area (Å²) < 4.78 is 5.30. The monoisotopic (exact) mass is 261 g/mol. The first-order chi connectivity index (χ1) is 8.81. The molecule has 0 fully saturated rings. The van der Waals surface area contributed by atoms with Gasteiger partial charge in [-0.2, -0.15) is 0 Å². The van der Waals surface area contributed by atoms with Crippen molar-refractivity contribution >= 4 is 12.2 Å². The Morgan fingerprint density at radius 1 is 1.42 bits per heavy atom. The van der Waals surface area contributed by atoms with Crippen LogP contribution in [0.4, 0.5) is 4.79 Å². The standard InChI is InChI=1S/C16H23NO2/c1-6-13-8-7-9-14(12-13)10-11-17(5)15(18)19-16(2,3)4/h6-9,12H,1,10-11H2,2-5H3. The highest BCUT2D eigenvalue weighted by Crippen LogP contribution is 2.11. The highest BCUT2D eigenvalue weighted by molar-refractivity contribution is 5.67. The van der Waals surface area contributed by atoms with Crippen LogP contribution in [0.3, 0.4) is 0 Å². The lowest BCUT2D eigenvalue weighted by molar-refractivity contribution is 0.0301. The van der Waals surface area contributed by atoms with Crippen molar-refractivity contribution in [1.29, 1.82) is 0 Å². The van der Waals surface area contributed by atoms with Gasteiger partial charge in [-0.3, -0.25) is 0 Å². The van der Waals surface area contributed by atoms with Gasteiger partial charge < -0.3 is 9.64 Å². The van der Waals surface area contributed by atoms with Gasteiger partial charge in [-0.25, -0.2) is 4.79 Å². The van der Waals surface area contributed by atoms with E-state index >= 15 is 0 Å². The van der Waals surface area contributed by atoms with Gasteiger partial charge in [0.1, 0.15) is 5.60 Å². The van der Waals surface area contributed by atoms with Gasteiger partial charge in [-0.05, 0) is 38.3 Å². The van der Waals surface area contributed by atoms with Crippen LogP contribution in [0.2, 0.25) is 0 Å². The number of carbonyl (C=O) groups is 1. The summed E-state index contributed by atoms with van der Waals surface area (Å²) in [5.41, 5.74) is 1.83. The Morgan fingerprint density at radius 3 is 2.68 bits per heavy atom. The number of hydrogen-bond acceptors (Lipinski definition) is 2. The molecule has 19 heavy (non-hydrogen) atoms. The minimum atomic E-state index is -0.450. The fraction of sp³-hybridized carbons (Fsp3) is 0.438. The molecule has 1 aromatic carbocycles. The molecule has 0 radical (unpaired) electrons. The molecule has 104 valence electrons. The number of amides is 1. The second-order valence-electron chi connectivity index (χ2n) is 5.60. The summed E-state index contributed by atoms with van der Waals surface area (Å²) in [6.07, 6.45) is 2.34. The lowest BCUT2D eigenvalue weighted by Crippen LogP contribution is -2.35. The zero-order valence-electron chi connectivity index (χ0n) is 12.3. The van der Waals surface area contributed by atoms with Crippen LogP contribution < -0.4 is 0 Å². The van der Waals surface area contributed by atoms with E-state index in [1.165, 1.54) is 5.56 Å². The van der Waals surface area contributed by atoms with E-state index in [0.717, 1.165) is 12.0 Å². The average Bonchev–Trinajstić information content (AvgIpc) is 2.34. The van der Waals surface area contributed by atoms with E-state index in [4.69, 9.17) is 4.74 Å². The van der Waals surface area contributed by atoms with Crippen molar-refractivity contribution in [3.8, 4) is 0 Å². The number of rotatable bonds is 4. The van der Waals surface area contributed by atoms with Crippen molar-refractivity contribution in [1.82, 2.24) is 4.90 Å². The first-order valence-electron chi connectivity index (χ1n) is 6.47. The Morgan fingerprint density at radius 2 is 2.11 bits per heavy atom. The summed E-state index contributed by atoms with van der Waals surface area (Å²) in [5, 5.41) is 0. The molecule has 0 saturated carbocycles. The maximum atomic E-state index is 11.8. The fourth-order valence-electron chi connectivity index (χ4n) is 1.60. The summed E-state index contributed by atoms with van der Waals surface area (Å²) in [7, 11) is 1.76. The molecule has 0 bridgehead atoms. The third-order valence-electron chi connectivity index (χ3n) is 2.63. The largest absolute Gasteiger partial charge is 0.444 e. The summed E-state index contributed by atoms with van der Waals surface area (Å²) in [6.45, 7) is 9.99. The maximum absolute atomic E-state index is 11.8. The molecule has 0 saturated heterocycles. The molecule has 0 unspecified atom stereocenters. The van der Waals surface area contributed by atoms with Crippen molar-refractivity contribution < 1.29 is 9.53 Å². The quantitative estimate of drug-likeness (QED) is 0.826. The first kappa shape index (κ1) is 15.3. The number of hydrogen-bond donors (Lipinski definition) is 0. The van der Waals surface area contributed by atoms with Gasteiger partial charge in [-0.15, -0.1) is 0 Å². The van der Waals surface area contributed by atoms with Crippen molar-refractivity contribution in [2.45, 2.75) is 32.8 Å². The molecule has 0 N–H and O–H groups in total. The Labute approximate surface area is 115 Å². The topological polar surface area (TPSA) is 29.5 Å². The van der Waals surface area contributed by atoms with Crippen LogP contribution in [0.15, 0.2) is 30.8 Å². The molecular formula is C16H23NO2. The van der Waals surface area contributed by atoms with Crippen LogP contribution >= 0.6 is 0 Å². The minimum Gasteiger partial charge on any atom is -0.444 e. The van der Waals surface area contributed by atoms with Crippen molar-refractivity contribution in [2.75, 3.05) is 13.6 Å². The van der Waals surface area contributed by atoms with Gasteiger partial charge >= 0.3 is 6.09 Å².